The topological polar surface area (TPSA) is 60.9 Å². The maximum atomic E-state index is 11.7. The van der Waals surface area contributed by atoms with Crippen LogP contribution in [-0.4, -0.2) is 60.5 Å². The molecule has 1 N–H and O–H groups in total. The third kappa shape index (κ3) is 3.17. The third-order valence-electron chi connectivity index (χ3n) is 3.76. The van der Waals surface area contributed by atoms with Gasteiger partial charge in [0.2, 0.25) is 5.91 Å². The zero-order valence-corrected chi connectivity index (χ0v) is 11.9. The van der Waals surface area contributed by atoms with Gasteiger partial charge in [0, 0.05) is 20.6 Å². The summed E-state index contributed by atoms with van der Waals surface area (Å²) in [6, 6.07) is 7.14. The van der Waals surface area contributed by atoms with Gasteiger partial charge >= 0.3 is 5.97 Å². The number of carbonyl (C=O) groups is 2. The molecule has 0 radical (unpaired) electrons. The van der Waals surface area contributed by atoms with Crippen molar-refractivity contribution in [1.29, 1.82) is 0 Å². The average molecular weight is 276 g/mol. The molecule has 1 aliphatic rings. The molecule has 0 saturated carbocycles. The van der Waals surface area contributed by atoms with Gasteiger partial charge in [0.25, 0.3) is 0 Å². The van der Waals surface area contributed by atoms with Crippen LogP contribution in [0.3, 0.4) is 0 Å². The van der Waals surface area contributed by atoms with Crippen LogP contribution in [0.4, 0.5) is 0 Å². The molecule has 20 heavy (non-hydrogen) atoms. The van der Waals surface area contributed by atoms with Gasteiger partial charge in [0.15, 0.2) is 0 Å². The van der Waals surface area contributed by atoms with E-state index in [1.54, 1.807) is 31.1 Å². The molecule has 1 aromatic carbocycles. The zero-order chi connectivity index (χ0) is 14.7. The largest absolute Gasteiger partial charge is 0.478 e. The molecule has 5 nitrogen and oxygen atoms in total. The Kier molecular flexibility index (Phi) is 4.39. The molecule has 0 aromatic heterocycles. The number of carboxylic acid groups (broad SMARTS) is 1. The summed E-state index contributed by atoms with van der Waals surface area (Å²) in [4.78, 5) is 26.6. The number of nitrogens with zero attached hydrogens (tertiary/aromatic N) is 2. The highest BCUT2D eigenvalue weighted by Gasteiger charge is 2.28. The van der Waals surface area contributed by atoms with Crippen molar-refractivity contribution in [2.45, 2.75) is 12.3 Å². The van der Waals surface area contributed by atoms with Crippen LogP contribution in [0.2, 0.25) is 0 Å². The molecule has 108 valence electrons. The van der Waals surface area contributed by atoms with Crippen LogP contribution in [-0.2, 0) is 4.79 Å². The molecule has 1 saturated heterocycles. The number of hydrogen-bond acceptors (Lipinski definition) is 3. The van der Waals surface area contributed by atoms with Gasteiger partial charge in [-0.05, 0) is 30.5 Å². The van der Waals surface area contributed by atoms with E-state index in [4.69, 9.17) is 0 Å². The summed E-state index contributed by atoms with van der Waals surface area (Å²) in [6.45, 7) is 1.97. The van der Waals surface area contributed by atoms with Crippen LogP contribution < -0.4 is 0 Å². The Balaban J connectivity index is 2.06. The second-order valence-corrected chi connectivity index (χ2v) is 5.40. The van der Waals surface area contributed by atoms with E-state index in [1.165, 1.54) is 0 Å². The molecular weight excluding hydrogens is 256 g/mol. The predicted molar refractivity (Wildman–Crippen MR) is 75.9 cm³/mol. The summed E-state index contributed by atoms with van der Waals surface area (Å²) >= 11 is 0. The van der Waals surface area contributed by atoms with Gasteiger partial charge in [-0.15, -0.1) is 0 Å². The normalized spacial score (nSPS) is 19.0. The van der Waals surface area contributed by atoms with Crippen molar-refractivity contribution < 1.29 is 14.7 Å². The Morgan fingerprint density at radius 3 is 2.70 bits per heavy atom. The van der Waals surface area contributed by atoms with Gasteiger partial charge in [-0.3, -0.25) is 9.69 Å². The Morgan fingerprint density at radius 1 is 1.35 bits per heavy atom. The molecule has 1 aromatic rings. The lowest BCUT2D eigenvalue weighted by atomic mass is 9.93. The van der Waals surface area contributed by atoms with Crippen molar-refractivity contribution in [3.8, 4) is 0 Å². The second kappa shape index (κ2) is 6.05. The van der Waals surface area contributed by atoms with Crippen LogP contribution in [0, 0.1) is 0 Å². The van der Waals surface area contributed by atoms with Gasteiger partial charge < -0.3 is 10.0 Å². The first-order valence-electron chi connectivity index (χ1n) is 6.73. The standard InChI is InChI=1S/C15H20N2O3/c1-16(2)14(18)10-17-8-7-11(9-17)12-5-3-4-6-13(12)15(19)20/h3-6,11H,7-10H2,1-2H3,(H,19,20). The highest BCUT2D eigenvalue weighted by atomic mass is 16.4. The molecule has 2 rings (SSSR count). The summed E-state index contributed by atoms with van der Waals surface area (Å²) in [5.41, 5.74) is 1.25. The molecule has 1 heterocycles. The summed E-state index contributed by atoms with van der Waals surface area (Å²) < 4.78 is 0. The Hall–Kier alpha value is -1.88. The van der Waals surface area contributed by atoms with Crippen LogP contribution in [0.1, 0.15) is 28.3 Å². The molecule has 1 atom stereocenters. The lowest BCUT2D eigenvalue weighted by Crippen LogP contribution is -2.35. The number of likely N-dealkylation sites (tertiary alicyclic amines) is 1. The molecule has 1 amide bonds. The van der Waals surface area contributed by atoms with Crippen LogP contribution in [0.25, 0.3) is 0 Å². The first kappa shape index (κ1) is 14.5. The minimum absolute atomic E-state index is 0.0807. The van der Waals surface area contributed by atoms with Crippen molar-refractivity contribution >= 4 is 11.9 Å². The monoisotopic (exact) mass is 276 g/mol. The SMILES string of the molecule is CN(C)C(=O)CN1CCC(c2ccccc2C(=O)O)C1. The second-order valence-electron chi connectivity index (χ2n) is 5.40. The van der Waals surface area contributed by atoms with Gasteiger partial charge in [-0.25, -0.2) is 4.79 Å². The fraction of sp³-hybridized carbons (Fsp3) is 0.467. The van der Waals surface area contributed by atoms with E-state index in [0.29, 0.717) is 12.1 Å². The lowest BCUT2D eigenvalue weighted by Gasteiger charge is -2.19. The number of rotatable bonds is 4. The maximum absolute atomic E-state index is 11.7. The molecule has 1 unspecified atom stereocenters. The van der Waals surface area contributed by atoms with E-state index in [9.17, 15) is 14.7 Å². The zero-order valence-electron chi connectivity index (χ0n) is 11.9. The number of amides is 1. The summed E-state index contributed by atoms with van der Waals surface area (Å²) in [5.74, 6) is -0.613. The van der Waals surface area contributed by atoms with Crippen molar-refractivity contribution in [3.63, 3.8) is 0 Å². The van der Waals surface area contributed by atoms with E-state index >= 15 is 0 Å². The molecule has 1 aliphatic heterocycles. The van der Waals surface area contributed by atoms with Crippen molar-refractivity contribution in [1.82, 2.24) is 9.80 Å². The quantitative estimate of drug-likeness (QED) is 0.899. The molecule has 0 aliphatic carbocycles. The number of hydrogen-bond donors (Lipinski definition) is 1. The van der Waals surface area contributed by atoms with E-state index in [2.05, 4.69) is 4.90 Å². The number of carboxylic acids is 1. The smallest absolute Gasteiger partial charge is 0.335 e. The average Bonchev–Trinajstić information content (AvgIpc) is 2.87. The Morgan fingerprint density at radius 2 is 2.05 bits per heavy atom. The summed E-state index contributed by atoms with van der Waals surface area (Å²) in [7, 11) is 3.49. The minimum atomic E-state index is -0.886. The van der Waals surface area contributed by atoms with Crippen LogP contribution in [0.15, 0.2) is 24.3 Å². The summed E-state index contributed by atoms with van der Waals surface area (Å²) in [5, 5.41) is 9.24. The molecule has 5 heteroatoms. The van der Waals surface area contributed by atoms with Crippen molar-refractivity contribution in [3.05, 3.63) is 35.4 Å². The lowest BCUT2D eigenvalue weighted by molar-refractivity contribution is -0.129. The Bertz CT molecular complexity index is 514. The fourth-order valence-corrected chi connectivity index (χ4v) is 2.61. The van der Waals surface area contributed by atoms with Crippen molar-refractivity contribution in [2.24, 2.45) is 0 Å². The predicted octanol–water partition coefficient (Wildman–Crippen LogP) is 1.26. The number of carbonyl (C=O) groups excluding carboxylic acids is 1. The fourth-order valence-electron chi connectivity index (χ4n) is 2.61. The van der Waals surface area contributed by atoms with Crippen LogP contribution >= 0.6 is 0 Å². The maximum Gasteiger partial charge on any atom is 0.335 e. The molecule has 0 bridgehead atoms. The van der Waals surface area contributed by atoms with Gasteiger partial charge in [0.05, 0.1) is 12.1 Å². The molecule has 0 spiro atoms. The first-order chi connectivity index (χ1) is 9.49. The highest BCUT2D eigenvalue weighted by molar-refractivity contribution is 5.89. The highest BCUT2D eigenvalue weighted by Crippen LogP contribution is 2.29. The van der Waals surface area contributed by atoms with Gasteiger partial charge in [-0.1, -0.05) is 18.2 Å². The first-order valence-corrected chi connectivity index (χ1v) is 6.73. The molecule has 1 fully saturated rings. The Labute approximate surface area is 118 Å². The van der Waals surface area contributed by atoms with E-state index in [-0.39, 0.29) is 11.8 Å². The van der Waals surface area contributed by atoms with E-state index < -0.39 is 5.97 Å². The van der Waals surface area contributed by atoms with Gasteiger partial charge in [0.1, 0.15) is 0 Å². The van der Waals surface area contributed by atoms with Crippen LogP contribution in [0.5, 0.6) is 0 Å². The van der Waals surface area contributed by atoms with E-state index in [0.717, 1.165) is 25.1 Å². The van der Waals surface area contributed by atoms with Crippen molar-refractivity contribution in [2.75, 3.05) is 33.7 Å². The number of aromatic carboxylic acids is 1. The minimum Gasteiger partial charge on any atom is -0.478 e. The van der Waals surface area contributed by atoms with Gasteiger partial charge in [-0.2, -0.15) is 0 Å². The third-order valence-corrected chi connectivity index (χ3v) is 3.76. The molecular formula is C15H20N2O3. The number of benzene rings is 1. The van der Waals surface area contributed by atoms with E-state index in [1.807, 2.05) is 12.1 Å². The summed E-state index contributed by atoms with van der Waals surface area (Å²) in [6.07, 6.45) is 0.894. The number of likely N-dealkylation sites (N-methyl/N-ethyl adjacent to an activating group) is 1.